The third kappa shape index (κ3) is 39.9. The van der Waals surface area contributed by atoms with Crippen molar-refractivity contribution in [3.05, 3.63) is 216 Å². The second kappa shape index (κ2) is 62.0. The Morgan fingerprint density at radius 2 is 0.671 bits per heavy atom. The van der Waals surface area contributed by atoms with E-state index in [4.69, 9.17) is 32.8 Å². The average molecular weight is 2150 g/mol. The molecule has 9 rings (SSSR count). The van der Waals surface area contributed by atoms with Crippen molar-refractivity contribution in [3.8, 4) is 0 Å². The number of aliphatic carboxylic acids is 1. The highest BCUT2D eigenvalue weighted by molar-refractivity contribution is 8.77. The van der Waals surface area contributed by atoms with E-state index in [1.807, 2.05) is 0 Å². The summed E-state index contributed by atoms with van der Waals surface area (Å²) in [6, 6.07) is 22.8. The van der Waals surface area contributed by atoms with Gasteiger partial charge in [0.1, 0.15) is 72.5 Å². The number of carbonyl (C=O) groups is 15. The molecule has 1 aliphatic heterocycles. The second-order valence-corrected chi connectivity index (χ2v) is 40.9. The van der Waals surface area contributed by atoms with Crippen LogP contribution in [0.4, 0.5) is 13.2 Å². The maximum absolute atomic E-state index is 15.6. The molecule has 6 aromatic carbocycles. The summed E-state index contributed by atoms with van der Waals surface area (Å²) in [5, 5.41) is 111. The van der Waals surface area contributed by atoms with Gasteiger partial charge in [-0.3, -0.25) is 67.1 Å². The molecule has 149 heavy (non-hydrogen) atoms. The van der Waals surface area contributed by atoms with Crippen molar-refractivity contribution in [1.82, 2.24) is 84.4 Å². The molecule has 49 heteroatoms. The first-order chi connectivity index (χ1) is 71.1. The lowest BCUT2D eigenvalue weighted by atomic mass is 10.0. The lowest BCUT2D eigenvalue weighted by Gasteiger charge is -2.29. The number of nitrogens with two attached hydrogens (primary N) is 4. The molecule has 1 aliphatic rings. The molecule has 1 fully saturated rings. The number of aromatic amines is 2. The van der Waals surface area contributed by atoms with Crippen LogP contribution in [-0.2, 0) is 110 Å². The summed E-state index contributed by atoms with van der Waals surface area (Å²) in [6.07, 6.45) is -8.80. The van der Waals surface area contributed by atoms with Gasteiger partial charge in [0.15, 0.2) is 0 Å². The number of aliphatic hydroxyl groups is 6. The number of aliphatic hydroxyl groups excluding tert-OH is 6. The van der Waals surface area contributed by atoms with Crippen LogP contribution in [0.2, 0.25) is 0 Å². The Morgan fingerprint density at radius 3 is 0.980 bits per heavy atom. The lowest BCUT2D eigenvalue weighted by Crippen LogP contribution is -2.62. The highest BCUT2D eigenvalue weighted by Gasteiger charge is 2.42. The number of aromatic nitrogens is 2. The van der Waals surface area contributed by atoms with Crippen LogP contribution in [0.1, 0.15) is 99.6 Å². The van der Waals surface area contributed by atoms with Crippen molar-refractivity contribution < 1.29 is 121 Å². The monoisotopic (exact) mass is 2150 g/mol. The SMILES string of the molecule is C[C@@H](O)[C@@H]1NC(=O)[C@H](CCCCN)NC(=O)[C@@H](Cc2c[nH]c3ccccc23)NC(=O)[C@H](Cc2ccccc2)NC(=O)[C@@H](NC(=O)[C@H](N)Cc2ccccc2)CSSC[C@@H](C(=O)N[C@H](CO)[C@@H](C)O)NC(=O)[C@H]([C@@H](C)O)NC(=O)[C@H](CCCCN)NC(=O)[C@@H](Cc2c[nH]c3ccccc23)NC(=O)[C@H](Cc2ccccc2)NC(=O)[C@H](NC(=O)[C@H](N)Cc2ccccc2)CSSC[C@@H](C(=O)N[C@H](CO)[C@@H](C)O)NC1=O.O=C(O)C(F)(F)F. The first-order valence-electron chi connectivity index (χ1n) is 48.3. The fourth-order valence-corrected chi connectivity index (χ4v) is 20.1. The topological polar surface area (TPSA) is 702 Å². The number of para-hydroxylation sites is 2. The standard InChI is InChI=1S/C98H132N20O20S4.C2HF3O2/c1-55(121)77(49-119)111-95(135)81-53-141-139-51-79(113-85(125)67(101)41-59-25-9-5-10-26-59)93(133)107-73(43-61-29-13-7-14-30-61)89(129)110-76(46-64-48-104-70-36-20-18-34-66(64)70)92(132)106-72(38-22-24-40-100)88(128)118-84(58(4)124)98(138)116-82(96(136)112-78(50-120)56(2)122)54-142-140-52-80(114-86(126)68(102)42-60-27-11-6-12-28-60)94(134)108-74(44-62-31-15-8-16-32-62)90(130)109-75(45-63-47-103-69-35-19-17-33-65(63)69)91(131)105-71(37-21-23-39-99)87(127)117-83(57(3)123)97(137)115-81;3-2(4,5)1(6)7/h5-20,25-36,47-48,55-58,67-68,71-84,103-104,119-124H,21-24,37-46,49-54,99-102H2,1-4H3,(H,105,131)(H,106,132)(H,107,133)(H,108,134)(H,109,130)(H,110,129)(H,111,135)(H,112,136)(H,113,125)(H,114,126)(H,115,137)(H,116,138)(H,117,127)(H,118,128);(H,6,7)/t55-,56-,57-,58-,67-,68-,71+,72+,73+,74+,75-,76-,77-,78-,79-,80+,81+,82+,83+,84+;/m1./s1. The van der Waals surface area contributed by atoms with E-state index in [9.17, 15) is 63.0 Å². The van der Waals surface area contributed by atoms with Gasteiger partial charge in [0, 0.05) is 82.9 Å². The predicted octanol–water partition coefficient (Wildman–Crippen LogP) is -0.978. The lowest BCUT2D eigenvalue weighted by molar-refractivity contribution is -0.192. The zero-order valence-electron chi connectivity index (χ0n) is 82.3. The Morgan fingerprint density at radius 1 is 0.383 bits per heavy atom. The van der Waals surface area contributed by atoms with Crippen molar-refractivity contribution in [2.45, 2.75) is 232 Å². The molecule has 2 aromatic heterocycles. The van der Waals surface area contributed by atoms with Crippen LogP contribution in [0, 0.1) is 0 Å². The first kappa shape index (κ1) is 121. The van der Waals surface area contributed by atoms with Gasteiger partial charge in [0.2, 0.25) is 82.7 Å². The Bertz CT molecular complexity index is 5370. The molecule has 0 saturated carbocycles. The number of benzene rings is 6. The smallest absolute Gasteiger partial charge is 0.475 e. The number of unbranched alkanes of at least 4 members (excludes halogenated alkanes) is 2. The third-order valence-corrected chi connectivity index (χ3v) is 28.8. The quantitative estimate of drug-likeness (QED) is 0.0170. The molecular weight excluding hydrogens is 2020 g/mol. The summed E-state index contributed by atoms with van der Waals surface area (Å²) in [5.41, 5.74) is 29.7. The molecule has 0 unspecified atom stereocenters. The van der Waals surface area contributed by atoms with Crippen molar-refractivity contribution in [2.75, 3.05) is 49.3 Å². The first-order valence-corrected chi connectivity index (χ1v) is 53.2. The van der Waals surface area contributed by atoms with Crippen LogP contribution in [0.3, 0.4) is 0 Å². The van der Waals surface area contributed by atoms with E-state index in [1.165, 1.54) is 13.8 Å². The van der Waals surface area contributed by atoms with Gasteiger partial charge in [-0.05, 0) is 138 Å². The largest absolute Gasteiger partial charge is 0.490 e. The number of alkyl halides is 3. The van der Waals surface area contributed by atoms with E-state index < -0.39 is 252 Å². The highest BCUT2D eigenvalue weighted by atomic mass is 33.1. The van der Waals surface area contributed by atoms with Crippen LogP contribution in [0.15, 0.2) is 182 Å². The zero-order chi connectivity index (χ0) is 109. The summed E-state index contributed by atoms with van der Waals surface area (Å²) < 4.78 is 31.7. The van der Waals surface area contributed by atoms with Crippen molar-refractivity contribution in [2.24, 2.45) is 22.9 Å². The zero-order valence-corrected chi connectivity index (χ0v) is 85.6. The molecule has 14 amide bonds. The fraction of sp³-hybridized carbons (Fsp3) is 0.450. The molecule has 0 radical (unpaired) electrons. The number of rotatable bonds is 34. The number of fused-ring (bicyclic) bond motifs is 2. The summed E-state index contributed by atoms with van der Waals surface area (Å²) in [4.78, 5) is 227. The van der Waals surface area contributed by atoms with Gasteiger partial charge in [-0.1, -0.05) is 201 Å². The minimum absolute atomic E-state index is 0.0205. The van der Waals surface area contributed by atoms with Gasteiger partial charge < -0.3 is 143 Å². The molecule has 3 heterocycles. The number of carbonyl (C=O) groups excluding carboxylic acids is 14. The number of carboxylic acids is 1. The maximum Gasteiger partial charge on any atom is 0.490 e. The number of hydrogen-bond donors (Lipinski definition) is 27. The number of carboxylic acid groups (broad SMARTS) is 1. The third-order valence-electron chi connectivity index (χ3n) is 23.9. The van der Waals surface area contributed by atoms with E-state index in [2.05, 4.69) is 84.4 Å². The number of hydrogen-bond acceptors (Lipinski definition) is 29. The van der Waals surface area contributed by atoms with Crippen molar-refractivity contribution >= 4 is 154 Å². The van der Waals surface area contributed by atoms with Crippen molar-refractivity contribution in [3.63, 3.8) is 0 Å². The summed E-state index contributed by atoms with van der Waals surface area (Å²) in [5.74, 6) is -18.5. The van der Waals surface area contributed by atoms with Gasteiger partial charge in [-0.15, -0.1) is 0 Å². The van der Waals surface area contributed by atoms with E-state index in [-0.39, 0.29) is 77.3 Å². The van der Waals surface area contributed by atoms with Crippen LogP contribution < -0.4 is 97.4 Å². The Kier molecular flexibility index (Phi) is 50.5. The molecule has 31 N–H and O–H groups in total. The number of nitrogens with one attached hydrogen (secondary N) is 16. The van der Waals surface area contributed by atoms with Crippen LogP contribution in [-0.4, -0.2) is 311 Å². The summed E-state index contributed by atoms with van der Waals surface area (Å²) in [7, 11) is 3.45. The minimum atomic E-state index is -5.08. The average Bonchev–Trinajstić information content (AvgIpc) is 1.00. The normalized spacial score (nSPS) is 22.3. The Hall–Kier alpha value is -12.8. The van der Waals surface area contributed by atoms with Crippen LogP contribution in [0.25, 0.3) is 21.8 Å². The van der Waals surface area contributed by atoms with Gasteiger partial charge in [-0.25, -0.2) is 4.79 Å². The van der Waals surface area contributed by atoms with E-state index >= 15 is 47.9 Å². The Balaban J connectivity index is 0.00000372. The van der Waals surface area contributed by atoms with E-state index in [1.54, 1.807) is 182 Å². The molecular formula is C100H133F3N20O22S4. The second-order valence-electron chi connectivity index (χ2n) is 35.8. The van der Waals surface area contributed by atoms with Gasteiger partial charge >= 0.3 is 12.1 Å². The molecule has 0 bridgehead atoms. The van der Waals surface area contributed by atoms with E-state index in [0.717, 1.165) is 57.0 Å². The molecule has 20 atom stereocenters. The molecule has 0 spiro atoms. The molecule has 0 aliphatic carbocycles. The van der Waals surface area contributed by atoms with Crippen molar-refractivity contribution in [1.29, 1.82) is 0 Å². The maximum atomic E-state index is 15.6. The fourth-order valence-electron chi connectivity index (χ4n) is 15.5. The van der Waals surface area contributed by atoms with E-state index in [0.29, 0.717) is 68.0 Å². The summed E-state index contributed by atoms with van der Waals surface area (Å²) >= 11 is 0. The molecule has 8 aromatic rings. The van der Waals surface area contributed by atoms with Gasteiger partial charge in [0.25, 0.3) is 0 Å². The summed E-state index contributed by atoms with van der Waals surface area (Å²) in [6.45, 7) is 3.49. The molecule has 1 saturated heterocycles. The number of amides is 14. The number of H-pyrrole nitrogens is 2. The Labute approximate surface area is 873 Å². The molecule has 42 nitrogen and oxygen atoms in total. The highest BCUT2D eigenvalue weighted by Crippen LogP contribution is 2.28. The molecule has 810 valence electrons. The van der Waals surface area contributed by atoms with Gasteiger partial charge in [0.05, 0.1) is 61.8 Å². The van der Waals surface area contributed by atoms with Crippen LogP contribution >= 0.6 is 43.2 Å². The minimum Gasteiger partial charge on any atom is -0.475 e. The number of halogens is 3. The van der Waals surface area contributed by atoms with Crippen LogP contribution in [0.5, 0.6) is 0 Å². The predicted molar refractivity (Wildman–Crippen MR) is 558 cm³/mol. The van der Waals surface area contributed by atoms with Gasteiger partial charge in [-0.2, -0.15) is 13.2 Å².